The first-order valence-corrected chi connectivity index (χ1v) is 6.00. The lowest BCUT2D eigenvalue weighted by molar-refractivity contribution is 1.15. The Balaban J connectivity index is 2.14. The van der Waals surface area contributed by atoms with Crippen LogP contribution in [0, 0.1) is 18.3 Å². The van der Waals surface area contributed by atoms with E-state index in [9.17, 15) is 0 Å². The number of benzene rings is 2. The maximum absolute atomic E-state index is 8.81. The second-order valence-corrected chi connectivity index (χ2v) is 4.38. The number of aromatic nitrogens is 2. The van der Waals surface area contributed by atoms with Crippen LogP contribution in [0.15, 0.2) is 48.8 Å². The smallest absolute Gasteiger partial charge is 0.116 e. The summed E-state index contributed by atoms with van der Waals surface area (Å²) in [6, 6.07) is 15.8. The molecule has 0 N–H and O–H groups in total. The lowest BCUT2D eigenvalue weighted by Gasteiger charge is -2.05. The summed E-state index contributed by atoms with van der Waals surface area (Å²) in [6.07, 6.45) is 1.58. The monoisotopic (exact) mass is 245 g/mol. The van der Waals surface area contributed by atoms with Crippen molar-refractivity contribution in [3.63, 3.8) is 0 Å². The summed E-state index contributed by atoms with van der Waals surface area (Å²) < 4.78 is 0. The van der Waals surface area contributed by atoms with E-state index in [0.29, 0.717) is 5.56 Å². The highest BCUT2D eigenvalue weighted by atomic mass is 14.8. The number of aryl methyl sites for hydroxylation is 1. The predicted octanol–water partition coefficient (Wildman–Crippen LogP) is 3.48. The van der Waals surface area contributed by atoms with E-state index in [1.165, 1.54) is 0 Å². The minimum Gasteiger partial charge on any atom is -0.241 e. The van der Waals surface area contributed by atoms with Crippen molar-refractivity contribution in [2.24, 2.45) is 0 Å². The van der Waals surface area contributed by atoms with Gasteiger partial charge >= 0.3 is 0 Å². The van der Waals surface area contributed by atoms with Crippen LogP contribution in [-0.2, 0) is 0 Å². The largest absolute Gasteiger partial charge is 0.241 e. The molecule has 0 bridgehead atoms. The van der Waals surface area contributed by atoms with Crippen LogP contribution in [0.1, 0.15) is 11.3 Å². The van der Waals surface area contributed by atoms with Gasteiger partial charge in [-0.15, -0.1) is 0 Å². The van der Waals surface area contributed by atoms with E-state index in [2.05, 4.69) is 22.1 Å². The van der Waals surface area contributed by atoms with Gasteiger partial charge < -0.3 is 0 Å². The third-order valence-corrected chi connectivity index (χ3v) is 3.18. The normalized spacial score (nSPS) is 10.3. The molecule has 0 aliphatic carbocycles. The lowest BCUT2D eigenvalue weighted by Crippen LogP contribution is -1.88. The molecule has 0 aliphatic heterocycles. The van der Waals surface area contributed by atoms with Crippen molar-refractivity contribution < 1.29 is 0 Å². The van der Waals surface area contributed by atoms with E-state index in [4.69, 9.17) is 5.26 Å². The van der Waals surface area contributed by atoms with Crippen molar-refractivity contribution in [3.05, 3.63) is 60.0 Å². The Morgan fingerprint density at radius 2 is 1.68 bits per heavy atom. The molecule has 0 aliphatic rings. The van der Waals surface area contributed by atoms with Gasteiger partial charge in [-0.25, -0.2) is 9.97 Å². The van der Waals surface area contributed by atoms with Gasteiger partial charge in [0, 0.05) is 11.1 Å². The molecule has 2 aromatic carbocycles. The molecule has 0 amide bonds. The Hall–Kier alpha value is -2.73. The molecule has 1 aromatic heterocycles. The number of hydrogen-bond acceptors (Lipinski definition) is 3. The summed E-state index contributed by atoms with van der Waals surface area (Å²) >= 11 is 0. The molecular formula is C16H11N3. The summed E-state index contributed by atoms with van der Waals surface area (Å²) in [7, 11) is 0. The first-order valence-electron chi connectivity index (χ1n) is 6.00. The van der Waals surface area contributed by atoms with Gasteiger partial charge in [-0.3, -0.25) is 0 Å². The van der Waals surface area contributed by atoms with Gasteiger partial charge in [0.15, 0.2) is 0 Å². The fraction of sp³-hybridized carbons (Fsp3) is 0.0625. The molecule has 0 radical (unpaired) electrons. The average molecular weight is 245 g/mol. The van der Waals surface area contributed by atoms with Crippen molar-refractivity contribution in [2.75, 3.05) is 0 Å². The van der Waals surface area contributed by atoms with Gasteiger partial charge in [0.25, 0.3) is 0 Å². The fourth-order valence-electron chi connectivity index (χ4n) is 2.10. The summed E-state index contributed by atoms with van der Waals surface area (Å²) in [5.41, 5.74) is 4.79. The van der Waals surface area contributed by atoms with Gasteiger partial charge in [0.05, 0.1) is 17.1 Å². The van der Waals surface area contributed by atoms with Crippen LogP contribution < -0.4 is 0 Å². The Bertz CT molecular complexity index is 783. The topological polar surface area (TPSA) is 49.6 Å². The first-order chi connectivity index (χ1) is 9.28. The Morgan fingerprint density at radius 3 is 2.42 bits per heavy atom. The molecule has 1 heterocycles. The number of nitrogens with zero attached hydrogens (tertiary/aromatic N) is 3. The molecule has 3 rings (SSSR count). The fourth-order valence-corrected chi connectivity index (χ4v) is 2.10. The van der Waals surface area contributed by atoms with Crippen LogP contribution in [-0.4, -0.2) is 9.97 Å². The molecular weight excluding hydrogens is 234 g/mol. The zero-order chi connectivity index (χ0) is 13.2. The van der Waals surface area contributed by atoms with Gasteiger partial charge in [-0.05, 0) is 42.3 Å². The second kappa shape index (κ2) is 4.51. The van der Waals surface area contributed by atoms with E-state index >= 15 is 0 Å². The van der Waals surface area contributed by atoms with E-state index in [0.717, 1.165) is 27.7 Å². The summed E-state index contributed by atoms with van der Waals surface area (Å²) in [5.74, 6) is 0. The molecule has 90 valence electrons. The van der Waals surface area contributed by atoms with Crippen LogP contribution >= 0.6 is 0 Å². The first kappa shape index (κ1) is 11.4. The average Bonchev–Trinajstić information content (AvgIpc) is 2.47. The lowest BCUT2D eigenvalue weighted by atomic mass is 10.0. The SMILES string of the molecule is Cc1ncnc2ccc(-c3ccc(C#N)cc3)cc12. The zero-order valence-corrected chi connectivity index (χ0v) is 10.5. The zero-order valence-electron chi connectivity index (χ0n) is 10.5. The van der Waals surface area contributed by atoms with Crippen LogP contribution in [0.2, 0.25) is 0 Å². The van der Waals surface area contributed by atoms with Crippen molar-refractivity contribution in [3.8, 4) is 17.2 Å². The van der Waals surface area contributed by atoms with Crippen LogP contribution in [0.25, 0.3) is 22.0 Å². The molecule has 3 nitrogen and oxygen atoms in total. The predicted molar refractivity (Wildman–Crippen MR) is 74.4 cm³/mol. The Kier molecular flexibility index (Phi) is 2.70. The third-order valence-electron chi connectivity index (χ3n) is 3.18. The Labute approximate surface area is 111 Å². The quantitative estimate of drug-likeness (QED) is 0.659. The molecule has 3 heteroatoms. The standard InChI is InChI=1S/C16H11N3/c1-11-15-8-14(6-7-16(15)19-10-18-11)13-4-2-12(9-17)3-5-13/h2-8,10H,1H3. The van der Waals surface area contributed by atoms with Gasteiger partial charge in [-0.1, -0.05) is 18.2 Å². The minimum absolute atomic E-state index is 0.670. The highest BCUT2D eigenvalue weighted by Crippen LogP contribution is 2.24. The molecule has 0 saturated carbocycles. The highest BCUT2D eigenvalue weighted by Gasteiger charge is 2.03. The van der Waals surface area contributed by atoms with E-state index < -0.39 is 0 Å². The highest BCUT2D eigenvalue weighted by molar-refractivity contribution is 5.85. The molecule has 0 atom stereocenters. The minimum atomic E-state index is 0.670. The van der Waals surface area contributed by atoms with Crippen LogP contribution in [0.3, 0.4) is 0 Å². The molecule has 0 spiro atoms. The number of fused-ring (bicyclic) bond motifs is 1. The molecule has 0 unspecified atom stereocenters. The van der Waals surface area contributed by atoms with Crippen LogP contribution in [0.4, 0.5) is 0 Å². The summed E-state index contributed by atoms with van der Waals surface area (Å²) in [6.45, 7) is 1.98. The molecule has 19 heavy (non-hydrogen) atoms. The van der Waals surface area contributed by atoms with E-state index in [1.807, 2.05) is 43.3 Å². The number of rotatable bonds is 1. The van der Waals surface area contributed by atoms with E-state index in [-0.39, 0.29) is 0 Å². The Morgan fingerprint density at radius 1 is 0.947 bits per heavy atom. The summed E-state index contributed by atoms with van der Waals surface area (Å²) in [5, 5.41) is 9.87. The van der Waals surface area contributed by atoms with Crippen molar-refractivity contribution in [2.45, 2.75) is 6.92 Å². The number of hydrogen-bond donors (Lipinski definition) is 0. The van der Waals surface area contributed by atoms with Crippen molar-refractivity contribution in [1.82, 2.24) is 9.97 Å². The number of nitriles is 1. The van der Waals surface area contributed by atoms with Crippen molar-refractivity contribution in [1.29, 1.82) is 5.26 Å². The summed E-state index contributed by atoms with van der Waals surface area (Å²) in [4.78, 5) is 8.47. The maximum Gasteiger partial charge on any atom is 0.116 e. The van der Waals surface area contributed by atoms with Gasteiger partial charge in [0.2, 0.25) is 0 Å². The van der Waals surface area contributed by atoms with Gasteiger partial charge in [0.1, 0.15) is 6.33 Å². The van der Waals surface area contributed by atoms with Gasteiger partial charge in [-0.2, -0.15) is 5.26 Å². The molecule has 0 saturated heterocycles. The van der Waals surface area contributed by atoms with E-state index in [1.54, 1.807) is 6.33 Å². The van der Waals surface area contributed by atoms with Crippen molar-refractivity contribution >= 4 is 10.9 Å². The second-order valence-electron chi connectivity index (χ2n) is 4.38. The molecule has 0 fully saturated rings. The third kappa shape index (κ3) is 2.04. The maximum atomic E-state index is 8.81. The van der Waals surface area contributed by atoms with Crippen LogP contribution in [0.5, 0.6) is 0 Å². The molecule has 3 aromatic rings.